The number of nitrogens with two attached hydrogens (primary N) is 1. The third-order valence-corrected chi connectivity index (χ3v) is 3.33. The lowest BCUT2D eigenvalue weighted by Crippen LogP contribution is -2.15. The lowest BCUT2D eigenvalue weighted by atomic mass is 10.1. The summed E-state index contributed by atoms with van der Waals surface area (Å²) in [5, 5.41) is 0. The maximum atomic E-state index is 13.4. The third-order valence-electron chi connectivity index (χ3n) is 3.33. The van der Waals surface area contributed by atoms with Gasteiger partial charge in [-0.25, -0.2) is 13.8 Å². The van der Waals surface area contributed by atoms with Gasteiger partial charge in [0.25, 0.3) is 0 Å². The van der Waals surface area contributed by atoms with Crippen LogP contribution in [-0.2, 0) is 0 Å². The number of imidazole rings is 1. The summed E-state index contributed by atoms with van der Waals surface area (Å²) in [4.78, 5) is 4.06. The van der Waals surface area contributed by atoms with Crippen molar-refractivity contribution >= 4 is 0 Å². The second-order valence-electron chi connectivity index (χ2n) is 4.68. The van der Waals surface area contributed by atoms with Gasteiger partial charge in [-0.3, -0.25) is 0 Å². The molecule has 106 valence electrons. The van der Waals surface area contributed by atoms with E-state index < -0.39 is 17.7 Å². The van der Waals surface area contributed by atoms with Gasteiger partial charge in [-0.1, -0.05) is 30.3 Å². The molecule has 0 spiro atoms. The molecule has 0 saturated heterocycles. The zero-order valence-electron chi connectivity index (χ0n) is 11.1. The minimum absolute atomic E-state index is 0.401. The molecule has 1 heterocycles. The van der Waals surface area contributed by atoms with E-state index in [1.165, 1.54) is 12.4 Å². The topological polar surface area (TPSA) is 43.8 Å². The van der Waals surface area contributed by atoms with Crippen LogP contribution in [0.1, 0.15) is 17.3 Å². The Hall–Kier alpha value is -2.53. The Labute approximate surface area is 120 Å². The molecule has 0 aliphatic heterocycles. The molecule has 3 aromatic rings. The highest BCUT2D eigenvalue weighted by molar-refractivity contribution is 5.37. The molecule has 3 rings (SSSR count). The van der Waals surface area contributed by atoms with E-state index in [0.29, 0.717) is 11.4 Å². The minimum Gasteiger partial charge on any atom is -0.319 e. The fourth-order valence-electron chi connectivity index (χ4n) is 2.22. The van der Waals surface area contributed by atoms with Gasteiger partial charge in [0.2, 0.25) is 0 Å². The molecule has 1 unspecified atom stereocenters. The van der Waals surface area contributed by atoms with Gasteiger partial charge in [-0.15, -0.1) is 0 Å². The standard InChI is InChI=1S/C16H13F2N3/c17-13-7-6-12(8-14(13)18)21-10-20-9-15(21)16(19)11-4-2-1-3-5-11/h1-10,16H,19H2. The molecule has 2 N–H and O–H groups in total. The first-order valence-electron chi connectivity index (χ1n) is 6.45. The predicted octanol–water partition coefficient (Wildman–Crippen LogP) is 3.20. The van der Waals surface area contributed by atoms with Gasteiger partial charge in [0.05, 0.1) is 24.3 Å². The lowest BCUT2D eigenvalue weighted by molar-refractivity contribution is 0.508. The quantitative estimate of drug-likeness (QED) is 0.803. The summed E-state index contributed by atoms with van der Waals surface area (Å²) in [6.07, 6.45) is 3.16. The molecule has 1 atom stereocenters. The molecule has 1 aromatic heterocycles. The van der Waals surface area contributed by atoms with Gasteiger partial charge in [0.1, 0.15) is 0 Å². The van der Waals surface area contributed by atoms with Crippen LogP contribution in [0.4, 0.5) is 8.78 Å². The third kappa shape index (κ3) is 2.55. The minimum atomic E-state index is -0.902. The van der Waals surface area contributed by atoms with E-state index in [0.717, 1.165) is 17.7 Å². The molecular weight excluding hydrogens is 272 g/mol. The van der Waals surface area contributed by atoms with E-state index >= 15 is 0 Å². The number of nitrogens with zero attached hydrogens (tertiary/aromatic N) is 2. The van der Waals surface area contributed by atoms with E-state index in [2.05, 4.69) is 4.98 Å². The SMILES string of the molecule is NC(c1ccccc1)c1cncn1-c1ccc(F)c(F)c1. The van der Waals surface area contributed by atoms with Gasteiger partial charge in [-0.05, 0) is 17.7 Å². The van der Waals surface area contributed by atoms with Gasteiger partial charge < -0.3 is 10.3 Å². The molecule has 2 aromatic carbocycles. The summed E-state index contributed by atoms with van der Waals surface area (Å²) in [6.45, 7) is 0. The van der Waals surface area contributed by atoms with E-state index in [-0.39, 0.29) is 0 Å². The van der Waals surface area contributed by atoms with Gasteiger partial charge >= 0.3 is 0 Å². The normalized spacial score (nSPS) is 12.3. The van der Waals surface area contributed by atoms with E-state index in [1.807, 2.05) is 30.3 Å². The number of rotatable bonds is 3. The molecule has 21 heavy (non-hydrogen) atoms. The largest absolute Gasteiger partial charge is 0.319 e. The van der Waals surface area contributed by atoms with Crippen LogP contribution in [0.2, 0.25) is 0 Å². The van der Waals surface area contributed by atoms with Crippen molar-refractivity contribution in [2.45, 2.75) is 6.04 Å². The summed E-state index contributed by atoms with van der Waals surface area (Å²) >= 11 is 0. The average molecular weight is 285 g/mol. The Kier molecular flexibility index (Phi) is 3.50. The second kappa shape index (κ2) is 5.46. The summed E-state index contributed by atoms with van der Waals surface area (Å²) in [7, 11) is 0. The van der Waals surface area contributed by atoms with E-state index in [4.69, 9.17) is 5.73 Å². The van der Waals surface area contributed by atoms with Gasteiger partial charge in [0.15, 0.2) is 11.6 Å². The van der Waals surface area contributed by atoms with Crippen molar-refractivity contribution in [1.29, 1.82) is 0 Å². The number of hydrogen-bond donors (Lipinski definition) is 1. The van der Waals surface area contributed by atoms with Crippen molar-refractivity contribution in [2.24, 2.45) is 5.73 Å². The molecule has 0 aliphatic carbocycles. The molecule has 5 heteroatoms. The zero-order valence-corrected chi connectivity index (χ0v) is 11.1. The maximum Gasteiger partial charge on any atom is 0.160 e. The first kappa shape index (κ1) is 13.5. The molecule has 0 bridgehead atoms. The van der Waals surface area contributed by atoms with Crippen LogP contribution in [0.3, 0.4) is 0 Å². The smallest absolute Gasteiger partial charge is 0.160 e. The molecule has 3 nitrogen and oxygen atoms in total. The Bertz CT molecular complexity index is 753. The summed E-state index contributed by atoms with van der Waals surface area (Å²) in [5.74, 6) is -1.78. The predicted molar refractivity (Wildman–Crippen MR) is 76.0 cm³/mol. The summed E-state index contributed by atoms with van der Waals surface area (Å²) in [5.41, 5.74) is 8.34. The average Bonchev–Trinajstić information content (AvgIpc) is 2.99. The highest BCUT2D eigenvalue weighted by Crippen LogP contribution is 2.22. The number of halogens is 2. The van der Waals surface area contributed by atoms with Crippen LogP contribution in [0.5, 0.6) is 0 Å². The van der Waals surface area contributed by atoms with E-state index in [1.54, 1.807) is 10.8 Å². The Balaban J connectivity index is 2.03. The van der Waals surface area contributed by atoms with E-state index in [9.17, 15) is 8.78 Å². The number of hydrogen-bond acceptors (Lipinski definition) is 2. The molecular formula is C16H13F2N3. The molecule has 0 amide bonds. The molecule has 0 fully saturated rings. The fourth-order valence-corrected chi connectivity index (χ4v) is 2.22. The number of aromatic nitrogens is 2. The Morgan fingerprint density at radius 3 is 2.48 bits per heavy atom. The summed E-state index contributed by atoms with van der Waals surface area (Å²) < 4.78 is 28.1. The molecule has 0 saturated carbocycles. The molecule has 0 aliphatic rings. The Morgan fingerprint density at radius 1 is 1.00 bits per heavy atom. The van der Waals surface area contributed by atoms with Crippen molar-refractivity contribution in [1.82, 2.24) is 9.55 Å². The monoisotopic (exact) mass is 285 g/mol. The first-order chi connectivity index (χ1) is 10.2. The molecule has 0 radical (unpaired) electrons. The van der Waals surface area contributed by atoms with Gasteiger partial charge in [-0.2, -0.15) is 0 Å². The number of benzene rings is 2. The zero-order chi connectivity index (χ0) is 14.8. The van der Waals surface area contributed by atoms with Crippen LogP contribution >= 0.6 is 0 Å². The first-order valence-corrected chi connectivity index (χ1v) is 6.45. The van der Waals surface area contributed by atoms with Crippen molar-refractivity contribution in [3.8, 4) is 5.69 Å². The van der Waals surface area contributed by atoms with Crippen LogP contribution in [0.25, 0.3) is 5.69 Å². The van der Waals surface area contributed by atoms with Crippen molar-refractivity contribution < 1.29 is 8.78 Å². The maximum absolute atomic E-state index is 13.4. The highest BCUT2D eigenvalue weighted by Gasteiger charge is 2.15. The van der Waals surface area contributed by atoms with Crippen LogP contribution in [0, 0.1) is 11.6 Å². The van der Waals surface area contributed by atoms with Crippen LogP contribution in [-0.4, -0.2) is 9.55 Å². The van der Waals surface area contributed by atoms with Crippen molar-refractivity contribution in [3.63, 3.8) is 0 Å². The van der Waals surface area contributed by atoms with Crippen LogP contribution < -0.4 is 5.73 Å². The van der Waals surface area contributed by atoms with Crippen molar-refractivity contribution in [3.05, 3.63) is 83.9 Å². The van der Waals surface area contributed by atoms with Crippen LogP contribution in [0.15, 0.2) is 61.1 Å². The summed E-state index contributed by atoms with van der Waals surface area (Å²) in [6, 6.07) is 12.8. The fraction of sp³-hybridized carbons (Fsp3) is 0.0625. The highest BCUT2D eigenvalue weighted by atomic mass is 19.2. The Morgan fingerprint density at radius 2 is 1.76 bits per heavy atom. The lowest BCUT2D eigenvalue weighted by Gasteiger charge is -2.15. The van der Waals surface area contributed by atoms with Gasteiger partial charge in [0, 0.05) is 11.8 Å². The van der Waals surface area contributed by atoms with Crippen molar-refractivity contribution in [2.75, 3.05) is 0 Å². The second-order valence-corrected chi connectivity index (χ2v) is 4.68.